The standard InChI is InChI=1S/C25H26N2/c1-25(2)13-7-10-17-21-16-9-4-6-12-20(16)27-24(21)22(23(17)25)18-14-26-19-11-5-3-8-15(18)19/h3-6,8-9,11-12,14,17,22-23,26-27H,7,10,13H2,1-2H3/t17-,22+,23-/m1/s1. The molecule has 136 valence electrons. The molecule has 2 aromatic carbocycles. The van der Waals surface area contributed by atoms with Crippen LogP contribution in [0.4, 0.5) is 0 Å². The van der Waals surface area contributed by atoms with Crippen molar-refractivity contribution in [2.24, 2.45) is 11.3 Å². The normalized spacial score (nSPS) is 26.4. The highest BCUT2D eigenvalue weighted by Crippen LogP contribution is 2.63. The zero-order chi connectivity index (χ0) is 18.2. The van der Waals surface area contributed by atoms with Gasteiger partial charge in [-0.3, -0.25) is 0 Å². The molecule has 2 nitrogen and oxygen atoms in total. The number of aromatic amines is 2. The second-order valence-electron chi connectivity index (χ2n) is 9.28. The van der Waals surface area contributed by atoms with Crippen LogP contribution in [0.3, 0.4) is 0 Å². The van der Waals surface area contributed by atoms with Gasteiger partial charge in [0.1, 0.15) is 0 Å². The zero-order valence-electron chi connectivity index (χ0n) is 16.0. The number of nitrogens with one attached hydrogen (secondary N) is 2. The van der Waals surface area contributed by atoms with E-state index in [1.165, 1.54) is 52.3 Å². The van der Waals surface area contributed by atoms with E-state index in [0.29, 0.717) is 23.2 Å². The molecule has 2 aliphatic rings. The van der Waals surface area contributed by atoms with Crippen LogP contribution >= 0.6 is 0 Å². The maximum Gasteiger partial charge on any atom is 0.0459 e. The van der Waals surface area contributed by atoms with Gasteiger partial charge in [-0.2, -0.15) is 0 Å². The quantitative estimate of drug-likeness (QED) is 0.381. The molecule has 2 heteroatoms. The topological polar surface area (TPSA) is 31.6 Å². The molecule has 2 aromatic heterocycles. The highest BCUT2D eigenvalue weighted by atomic mass is 14.8. The predicted molar refractivity (Wildman–Crippen MR) is 112 cm³/mol. The van der Waals surface area contributed by atoms with E-state index in [9.17, 15) is 0 Å². The van der Waals surface area contributed by atoms with Gasteiger partial charge in [-0.05, 0) is 53.4 Å². The molecule has 1 fully saturated rings. The first-order valence-corrected chi connectivity index (χ1v) is 10.3. The van der Waals surface area contributed by atoms with E-state index < -0.39 is 0 Å². The lowest BCUT2D eigenvalue weighted by atomic mass is 9.60. The van der Waals surface area contributed by atoms with Crippen LogP contribution in [0.2, 0.25) is 0 Å². The third-order valence-corrected chi connectivity index (χ3v) is 7.45. The summed E-state index contributed by atoms with van der Waals surface area (Å²) in [5.41, 5.74) is 7.47. The smallest absolute Gasteiger partial charge is 0.0459 e. The van der Waals surface area contributed by atoms with E-state index in [0.717, 1.165) is 0 Å². The molecule has 2 aliphatic carbocycles. The van der Waals surface area contributed by atoms with Gasteiger partial charge in [0.15, 0.2) is 0 Å². The number of rotatable bonds is 1. The van der Waals surface area contributed by atoms with Crippen molar-refractivity contribution in [1.29, 1.82) is 0 Å². The lowest BCUT2D eigenvalue weighted by Crippen LogP contribution is -2.34. The second kappa shape index (κ2) is 5.28. The molecule has 27 heavy (non-hydrogen) atoms. The number of benzene rings is 2. The summed E-state index contributed by atoms with van der Waals surface area (Å²) in [6.07, 6.45) is 6.27. The molecule has 2 heterocycles. The maximum absolute atomic E-state index is 3.86. The van der Waals surface area contributed by atoms with Crippen molar-refractivity contribution in [3.8, 4) is 0 Å². The number of H-pyrrole nitrogens is 2. The molecule has 0 radical (unpaired) electrons. The molecular formula is C25H26N2. The summed E-state index contributed by atoms with van der Waals surface area (Å²) in [5, 5.41) is 2.83. The third kappa shape index (κ3) is 2.02. The highest BCUT2D eigenvalue weighted by molar-refractivity contribution is 5.89. The lowest BCUT2D eigenvalue weighted by Gasteiger charge is -2.44. The van der Waals surface area contributed by atoms with Gasteiger partial charge in [0, 0.05) is 39.6 Å². The Morgan fingerprint density at radius 1 is 0.926 bits per heavy atom. The van der Waals surface area contributed by atoms with E-state index in [1.54, 1.807) is 5.56 Å². The highest BCUT2D eigenvalue weighted by Gasteiger charge is 2.52. The summed E-state index contributed by atoms with van der Waals surface area (Å²) in [6.45, 7) is 5.00. The van der Waals surface area contributed by atoms with Gasteiger partial charge >= 0.3 is 0 Å². The Balaban J connectivity index is 1.66. The monoisotopic (exact) mass is 354 g/mol. The number of hydrogen-bond donors (Lipinski definition) is 2. The summed E-state index contributed by atoms with van der Waals surface area (Å²) in [7, 11) is 0. The van der Waals surface area contributed by atoms with Gasteiger partial charge in [-0.25, -0.2) is 0 Å². The molecular weight excluding hydrogens is 328 g/mol. The SMILES string of the molecule is CC1(C)CCC[C@@H]2c3c([nH]c4ccccc34)[C@@H](c3c[nH]c4ccccc34)[C@@H]21. The Morgan fingerprint density at radius 2 is 1.67 bits per heavy atom. The number of aromatic nitrogens is 2. The second-order valence-corrected chi connectivity index (χ2v) is 9.28. The molecule has 0 aliphatic heterocycles. The molecule has 0 unspecified atom stereocenters. The first kappa shape index (κ1) is 15.6. The largest absolute Gasteiger partial charge is 0.361 e. The van der Waals surface area contributed by atoms with Crippen molar-refractivity contribution in [1.82, 2.24) is 9.97 Å². The van der Waals surface area contributed by atoms with Crippen LogP contribution in [-0.4, -0.2) is 9.97 Å². The van der Waals surface area contributed by atoms with E-state index in [1.807, 2.05) is 0 Å². The minimum Gasteiger partial charge on any atom is -0.361 e. The van der Waals surface area contributed by atoms with Gasteiger partial charge in [0.2, 0.25) is 0 Å². The maximum atomic E-state index is 3.86. The molecule has 2 N–H and O–H groups in total. The predicted octanol–water partition coefficient (Wildman–Crippen LogP) is 6.70. The molecule has 6 rings (SSSR count). The van der Waals surface area contributed by atoms with Crippen molar-refractivity contribution in [3.05, 3.63) is 71.5 Å². The summed E-state index contributed by atoms with van der Waals surface area (Å²) in [4.78, 5) is 7.40. The Labute approximate surface area is 160 Å². The van der Waals surface area contributed by atoms with E-state index in [2.05, 4.69) is 78.5 Å². The van der Waals surface area contributed by atoms with Crippen LogP contribution < -0.4 is 0 Å². The zero-order valence-corrected chi connectivity index (χ0v) is 16.0. The van der Waals surface area contributed by atoms with Crippen molar-refractivity contribution in [2.45, 2.75) is 44.9 Å². The molecule has 0 spiro atoms. The fourth-order valence-electron chi connectivity index (χ4n) is 6.38. The van der Waals surface area contributed by atoms with Crippen LogP contribution in [0.25, 0.3) is 21.8 Å². The van der Waals surface area contributed by atoms with Crippen LogP contribution in [0.5, 0.6) is 0 Å². The Morgan fingerprint density at radius 3 is 2.52 bits per heavy atom. The van der Waals surface area contributed by atoms with Crippen LogP contribution in [0.1, 0.15) is 61.8 Å². The number of fused-ring (bicyclic) bond motifs is 6. The summed E-state index contributed by atoms with van der Waals surface area (Å²) in [5.74, 6) is 1.78. The van der Waals surface area contributed by atoms with E-state index in [-0.39, 0.29) is 0 Å². The summed E-state index contributed by atoms with van der Waals surface area (Å²) < 4.78 is 0. The van der Waals surface area contributed by atoms with Crippen LogP contribution in [-0.2, 0) is 0 Å². The van der Waals surface area contributed by atoms with Crippen molar-refractivity contribution < 1.29 is 0 Å². The van der Waals surface area contributed by atoms with Gasteiger partial charge in [-0.1, -0.05) is 56.7 Å². The van der Waals surface area contributed by atoms with Crippen molar-refractivity contribution in [2.75, 3.05) is 0 Å². The van der Waals surface area contributed by atoms with Crippen LogP contribution in [0.15, 0.2) is 54.7 Å². The molecule has 3 atom stereocenters. The fourth-order valence-corrected chi connectivity index (χ4v) is 6.38. The first-order chi connectivity index (χ1) is 13.1. The van der Waals surface area contributed by atoms with Gasteiger partial charge in [0.05, 0.1) is 0 Å². The van der Waals surface area contributed by atoms with Gasteiger partial charge in [-0.15, -0.1) is 0 Å². The van der Waals surface area contributed by atoms with Gasteiger partial charge in [0.25, 0.3) is 0 Å². The number of hydrogen-bond acceptors (Lipinski definition) is 0. The number of para-hydroxylation sites is 2. The Hall–Kier alpha value is -2.48. The van der Waals surface area contributed by atoms with E-state index in [4.69, 9.17) is 0 Å². The van der Waals surface area contributed by atoms with Crippen molar-refractivity contribution in [3.63, 3.8) is 0 Å². The van der Waals surface area contributed by atoms with Crippen LogP contribution in [0, 0.1) is 11.3 Å². The molecule has 0 amide bonds. The van der Waals surface area contributed by atoms with E-state index >= 15 is 0 Å². The van der Waals surface area contributed by atoms with Gasteiger partial charge < -0.3 is 9.97 Å². The molecule has 0 saturated heterocycles. The average Bonchev–Trinajstić information content (AvgIpc) is 3.32. The molecule has 0 bridgehead atoms. The third-order valence-electron chi connectivity index (χ3n) is 7.45. The lowest BCUT2D eigenvalue weighted by molar-refractivity contribution is 0.112. The Kier molecular flexibility index (Phi) is 3.05. The minimum absolute atomic E-state index is 0.354. The Bertz CT molecular complexity index is 1160. The molecule has 4 aromatic rings. The minimum atomic E-state index is 0.354. The average molecular weight is 354 g/mol. The first-order valence-electron chi connectivity index (χ1n) is 10.3. The molecule has 1 saturated carbocycles. The summed E-state index contributed by atoms with van der Waals surface area (Å²) in [6, 6.07) is 17.7. The van der Waals surface area contributed by atoms with Crippen molar-refractivity contribution >= 4 is 21.8 Å². The fraction of sp³-hybridized carbons (Fsp3) is 0.360. The summed E-state index contributed by atoms with van der Waals surface area (Å²) >= 11 is 0.